The number of furan rings is 1. The average molecular weight is 702 g/mol. The average Bonchev–Trinajstić information content (AvgIpc) is 3.88. The minimum Gasteiger partial charge on any atom is -0.459 e. The fourth-order valence-corrected chi connectivity index (χ4v) is 10.4. The Balaban J connectivity index is 1.18. The fraction of sp³-hybridized carbons (Fsp3) is 0.0566. The van der Waals surface area contributed by atoms with E-state index in [2.05, 4.69) is 199 Å². The van der Waals surface area contributed by atoms with E-state index in [-0.39, 0.29) is 5.92 Å². The Hall–Kier alpha value is -6.90. The molecule has 0 aliphatic heterocycles. The van der Waals surface area contributed by atoms with Crippen molar-refractivity contribution in [1.82, 2.24) is 0 Å². The van der Waals surface area contributed by atoms with Gasteiger partial charge in [0.15, 0.2) is 0 Å². The monoisotopic (exact) mass is 701 g/mol. The van der Waals surface area contributed by atoms with Crippen LogP contribution < -0.4 is 4.90 Å². The summed E-state index contributed by atoms with van der Waals surface area (Å²) in [5.41, 5.74) is 19.4. The Morgan fingerprint density at radius 1 is 0.436 bits per heavy atom. The first-order valence-electron chi connectivity index (χ1n) is 19.3. The van der Waals surface area contributed by atoms with Gasteiger partial charge in [0.25, 0.3) is 0 Å². The maximum absolute atomic E-state index is 7.26. The second-order valence-electron chi connectivity index (χ2n) is 15.1. The maximum atomic E-state index is 7.26. The fourth-order valence-electron chi connectivity index (χ4n) is 10.4. The third-order valence-corrected chi connectivity index (χ3v) is 12.4. The maximum Gasteiger partial charge on any atom is 0.135 e. The van der Waals surface area contributed by atoms with Gasteiger partial charge in [0.1, 0.15) is 16.8 Å². The Morgan fingerprint density at radius 3 is 1.82 bits per heavy atom. The molecular weight excluding hydrogens is 667 g/mol. The van der Waals surface area contributed by atoms with Gasteiger partial charge in [0.05, 0.1) is 5.69 Å². The quantitative estimate of drug-likeness (QED) is 0.182. The predicted molar refractivity (Wildman–Crippen MR) is 225 cm³/mol. The van der Waals surface area contributed by atoms with Crippen molar-refractivity contribution in [3.05, 3.63) is 233 Å². The van der Waals surface area contributed by atoms with E-state index in [9.17, 15) is 0 Å². The summed E-state index contributed by atoms with van der Waals surface area (Å²) < 4.78 is 7.26. The van der Waals surface area contributed by atoms with Crippen LogP contribution in [-0.4, -0.2) is 0 Å². The molecule has 1 heterocycles. The first-order chi connectivity index (χ1) is 27.3. The second kappa shape index (κ2) is 11.5. The van der Waals surface area contributed by atoms with Gasteiger partial charge in [-0.2, -0.15) is 0 Å². The molecule has 2 atom stereocenters. The standard InChI is InChI=1S/C53H35NO/c1-3-18-35(19-4-1)54(36-20-5-2-6-21-36)47-31-16-30-46-51(47)50-42-26-12-14-32-48(42)55-52(50)53(46)44-28-13-11-25-41(44)49-40(27-15-29-45(49)53)43-33-34-17-7-8-22-37(34)38-23-9-10-24-39(38)43/h1-32,43H,33H2. The molecular formula is C53H35NO. The van der Waals surface area contributed by atoms with E-state index in [0.717, 1.165) is 40.2 Å². The van der Waals surface area contributed by atoms with Crippen LogP contribution in [0.4, 0.5) is 17.1 Å². The molecule has 0 amide bonds. The van der Waals surface area contributed by atoms with Crippen LogP contribution in [0.3, 0.4) is 0 Å². The number of fused-ring (bicyclic) bond motifs is 15. The van der Waals surface area contributed by atoms with Gasteiger partial charge in [-0.25, -0.2) is 0 Å². The molecule has 8 aromatic carbocycles. The van der Waals surface area contributed by atoms with Gasteiger partial charge in [-0.05, 0) is 98.5 Å². The number of nitrogens with zero attached hydrogens (tertiary/aromatic N) is 1. The summed E-state index contributed by atoms with van der Waals surface area (Å²) in [5, 5.41) is 1.14. The Morgan fingerprint density at radius 2 is 1.02 bits per heavy atom. The minimum atomic E-state index is -0.646. The summed E-state index contributed by atoms with van der Waals surface area (Å²) in [6.45, 7) is 0. The topological polar surface area (TPSA) is 16.4 Å². The third-order valence-electron chi connectivity index (χ3n) is 12.4. The largest absolute Gasteiger partial charge is 0.459 e. The number of anilines is 3. The van der Waals surface area contributed by atoms with Gasteiger partial charge in [-0.1, -0.05) is 158 Å². The number of hydrogen-bond acceptors (Lipinski definition) is 2. The molecule has 0 saturated carbocycles. The molecule has 2 unspecified atom stereocenters. The van der Waals surface area contributed by atoms with Crippen molar-refractivity contribution in [2.45, 2.75) is 17.8 Å². The van der Waals surface area contributed by atoms with Crippen molar-refractivity contribution in [3.63, 3.8) is 0 Å². The highest BCUT2D eigenvalue weighted by molar-refractivity contribution is 6.09. The lowest BCUT2D eigenvalue weighted by molar-refractivity contribution is 0.506. The molecule has 1 spiro atoms. The SMILES string of the molecule is c1ccc(N(c2ccccc2)c2cccc3c2-c2c(oc4ccccc24)C32c3ccccc3-c3c(C4Cc5ccccc5-c5ccccc54)cccc32)cc1. The summed E-state index contributed by atoms with van der Waals surface area (Å²) >= 11 is 0. The van der Waals surface area contributed by atoms with E-state index in [1.807, 2.05) is 0 Å². The Labute approximate surface area is 320 Å². The van der Waals surface area contributed by atoms with Crippen molar-refractivity contribution < 1.29 is 4.42 Å². The van der Waals surface area contributed by atoms with Crippen LogP contribution in [0.2, 0.25) is 0 Å². The molecule has 0 bridgehead atoms. The highest BCUT2D eigenvalue weighted by Crippen LogP contribution is 2.67. The Bertz CT molecular complexity index is 2940. The first kappa shape index (κ1) is 30.6. The molecule has 9 aromatic rings. The Kier molecular flexibility index (Phi) is 6.41. The highest BCUT2D eigenvalue weighted by atomic mass is 16.3. The molecule has 258 valence electrons. The lowest BCUT2D eigenvalue weighted by Crippen LogP contribution is -2.26. The number of benzene rings is 8. The van der Waals surface area contributed by atoms with E-state index in [4.69, 9.17) is 4.42 Å². The van der Waals surface area contributed by atoms with Crippen molar-refractivity contribution in [2.24, 2.45) is 0 Å². The minimum absolute atomic E-state index is 0.207. The van der Waals surface area contributed by atoms with Crippen molar-refractivity contribution in [2.75, 3.05) is 4.90 Å². The molecule has 3 aliphatic rings. The van der Waals surface area contributed by atoms with E-state index in [1.165, 1.54) is 66.8 Å². The number of hydrogen-bond donors (Lipinski definition) is 0. The first-order valence-corrected chi connectivity index (χ1v) is 19.3. The van der Waals surface area contributed by atoms with Crippen LogP contribution >= 0.6 is 0 Å². The molecule has 2 heteroatoms. The van der Waals surface area contributed by atoms with Crippen LogP contribution in [0.15, 0.2) is 199 Å². The van der Waals surface area contributed by atoms with Gasteiger partial charge >= 0.3 is 0 Å². The zero-order chi connectivity index (χ0) is 36.1. The van der Waals surface area contributed by atoms with Crippen molar-refractivity contribution in [1.29, 1.82) is 0 Å². The van der Waals surface area contributed by atoms with Gasteiger partial charge in [-0.15, -0.1) is 0 Å². The summed E-state index contributed by atoms with van der Waals surface area (Å²) in [4.78, 5) is 2.41. The van der Waals surface area contributed by atoms with E-state index < -0.39 is 5.41 Å². The molecule has 3 aliphatic carbocycles. The number of rotatable bonds is 4. The van der Waals surface area contributed by atoms with Crippen LogP contribution in [0.25, 0.3) is 44.3 Å². The van der Waals surface area contributed by atoms with Gasteiger partial charge in [0, 0.05) is 33.8 Å². The number of para-hydroxylation sites is 3. The predicted octanol–water partition coefficient (Wildman–Crippen LogP) is 13.6. The van der Waals surface area contributed by atoms with E-state index in [0.29, 0.717) is 0 Å². The van der Waals surface area contributed by atoms with Crippen LogP contribution in [0.1, 0.15) is 45.1 Å². The molecule has 55 heavy (non-hydrogen) atoms. The summed E-state index contributed by atoms with van der Waals surface area (Å²) in [7, 11) is 0. The van der Waals surface area contributed by atoms with Gasteiger partial charge in [-0.3, -0.25) is 0 Å². The highest BCUT2D eigenvalue weighted by Gasteiger charge is 2.56. The second-order valence-corrected chi connectivity index (χ2v) is 15.1. The summed E-state index contributed by atoms with van der Waals surface area (Å²) in [6.07, 6.45) is 0.957. The summed E-state index contributed by atoms with van der Waals surface area (Å²) in [5.74, 6) is 1.22. The van der Waals surface area contributed by atoms with Crippen LogP contribution in [-0.2, 0) is 11.8 Å². The molecule has 0 fully saturated rings. The molecule has 12 rings (SSSR count). The van der Waals surface area contributed by atoms with Gasteiger partial charge < -0.3 is 9.32 Å². The smallest absolute Gasteiger partial charge is 0.135 e. The van der Waals surface area contributed by atoms with E-state index in [1.54, 1.807) is 0 Å². The van der Waals surface area contributed by atoms with Crippen molar-refractivity contribution >= 4 is 28.0 Å². The molecule has 0 N–H and O–H groups in total. The molecule has 0 saturated heterocycles. The van der Waals surface area contributed by atoms with E-state index >= 15 is 0 Å². The zero-order valence-electron chi connectivity index (χ0n) is 30.1. The van der Waals surface area contributed by atoms with Gasteiger partial charge in [0.2, 0.25) is 0 Å². The molecule has 0 radical (unpaired) electrons. The third kappa shape index (κ3) is 4.09. The lowest BCUT2D eigenvalue weighted by atomic mass is 9.71. The zero-order valence-corrected chi connectivity index (χ0v) is 30.1. The molecule has 2 nitrogen and oxygen atoms in total. The lowest BCUT2D eigenvalue weighted by Gasteiger charge is -2.32. The summed E-state index contributed by atoms with van der Waals surface area (Å²) in [6, 6.07) is 71.2. The molecule has 1 aromatic heterocycles. The van der Waals surface area contributed by atoms with Crippen molar-refractivity contribution in [3.8, 4) is 33.4 Å². The van der Waals surface area contributed by atoms with Crippen LogP contribution in [0.5, 0.6) is 0 Å². The van der Waals surface area contributed by atoms with Crippen LogP contribution in [0, 0.1) is 0 Å². The normalized spacial score (nSPS) is 16.9.